The maximum absolute atomic E-state index is 12.3. The van der Waals surface area contributed by atoms with E-state index in [4.69, 9.17) is 6.42 Å². The average Bonchev–Trinajstić information content (AvgIpc) is 3.01. The van der Waals surface area contributed by atoms with Crippen molar-refractivity contribution >= 4 is 11.7 Å². The van der Waals surface area contributed by atoms with Gasteiger partial charge >= 0.3 is 0 Å². The molecule has 23 heavy (non-hydrogen) atoms. The number of nitrogens with zero attached hydrogens (tertiary/aromatic N) is 4. The van der Waals surface area contributed by atoms with Crippen molar-refractivity contribution in [1.82, 2.24) is 24.9 Å². The summed E-state index contributed by atoms with van der Waals surface area (Å²) < 4.78 is 1.70. The lowest BCUT2D eigenvalue weighted by Crippen LogP contribution is -2.46. The molecule has 2 aromatic heterocycles. The number of carbonyl (C=O) groups is 1. The third-order valence-corrected chi connectivity index (χ3v) is 4.45. The zero-order valence-electron chi connectivity index (χ0n) is 14.2. The van der Waals surface area contributed by atoms with E-state index in [1.54, 1.807) is 4.52 Å². The van der Waals surface area contributed by atoms with Gasteiger partial charge in [0, 0.05) is 17.8 Å². The van der Waals surface area contributed by atoms with Gasteiger partial charge in [0.25, 0.3) is 5.78 Å². The summed E-state index contributed by atoms with van der Waals surface area (Å²) in [5.74, 6) is 3.26. The predicted octanol–water partition coefficient (Wildman–Crippen LogP) is 1.98. The summed E-state index contributed by atoms with van der Waals surface area (Å²) in [6, 6.07) is 0. The highest BCUT2D eigenvalue weighted by molar-refractivity contribution is 5.77. The zero-order valence-corrected chi connectivity index (χ0v) is 14.2. The first-order chi connectivity index (χ1) is 11.0. The number of hydrogen-bond acceptors (Lipinski definition) is 4. The monoisotopic (exact) mass is 313 g/mol. The third-order valence-electron chi connectivity index (χ3n) is 4.45. The van der Waals surface area contributed by atoms with E-state index in [9.17, 15) is 4.79 Å². The first-order valence-electron chi connectivity index (χ1n) is 7.91. The van der Waals surface area contributed by atoms with Crippen LogP contribution in [0.3, 0.4) is 0 Å². The van der Waals surface area contributed by atoms with Crippen molar-refractivity contribution in [3.63, 3.8) is 0 Å². The number of aromatic nitrogens is 4. The number of nitrogens with one attached hydrogen (secondary N) is 1. The summed E-state index contributed by atoms with van der Waals surface area (Å²) in [6.45, 7) is 7.87. The van der Waals surface area contributed by atoms with Crippen molar-refractivity contribution in [2.75, 3.05) is 0 Å². The Labute approximate surface area is 136 Å². The normalized spacial score (nSPS) is 11.4. The molecule has 0 bridgehead atoms. The summed E-state index contributed by atoms with van der Waals surface area (Å²) in [7, 11) is 0. The molecule has 0 aliphatic carbocycles. The van der Waals surface area contributed by atoms with Gasteiger partial charge in [0.1, 0.15) is 11.9 Å². The predicted molar refractivity (Wildman–Crippen MR) is 88.9 cm³/mol. The molecule has 122 valence electrons. The van der Waals surface area contributed by atoms with Crippen LogP contribution in [0.4, 0.5) is 0 Å². The zero-order chi connectivity index (χ0) is 17.0. The molecule has 0 radical (unpaired) electrons. The third kappa shape index (κ3) is 3.34. The maximum Gasteiger partial charge on any atom is 0.252 e. The van der Waals surface area contributed by atoms with Gasteiger partial charge in [-0.05, 0) is 38.7 Å². The van der Waals surface area contributed by atoms with E-state index < -0.39 is 5.54 Å². The second-order valence-corrected chi connectivity index (χ2v) is 5.71. The van der Waals surface area contributed by atoms with Gasteiger partial charge in [-0.2, -0.15) is 10.1 Å². The highest BCUT2D eigenvalue weighted by Crippen LogP contribution is 2.17. The van der Waals surface area contributed by atoms with Gasteiger partial charge < -0.3 is 5.32 Å². The SMILES string of the molecule is C#CC(CC)(CC)NC(=O)CCc1c(C)nc2ncnn2c1C. The van der Waals surface area contributed by atoms with Gasteiger partial charge in [-0.1, -0.05) is 19.8 Å². The summed E-state index contributed by atoms with van der Waals surface area (Å²) in [4.78, 5) is 20.8. The number of terminal acetylenes is 1. The minimum Gasteiger partial charge on any atom is -0.340 e. The number of rotatable bonds is 6. The molecule has 0 saturated carbocycles. The van der Waals surface area contributed by atoms with Crippen LogP contribution in [0.1, 0.15) is 50.1 Å². The van der Waals surface area contributed by atoms with E-state index in [0.717, 1.165) is 29.8 Å². The van der Waals surface area contributed by atoms with Crippen LogP contribution in [-0.2, 0) is 11.2 Å². The Morgan fingerprint density at radius 3 is 2.70 bits per heavy atom. The lowest BCUT2D eigenvalue weighted by atomic mass is 9.93. The molecule has 0 aliphatic heterocycles. The van der Waals surface area contributed by atoms with Crippen molar-refractivity contribution < 1.29 is 4.79 Å². The molecular formula is C17H23N5O. The molecule has 2 heterocycles. The van der Waals surface area contributed by atoms with E-state index in [2.05, 4.69) is 26.3 Å². The molecule has 1 N–H and O–H groups in total. The Morgan fingerprint density at radius 2 is 2.09 bits per heavy atom. The number of aryl methyl sites for hydroxylation is 2. The van der Waals surface area contributed by atoms with Crippen molar-refractivity contribution in [3.05, 3.63) is 23.3 Å². The fourth-order valence-electron chi connectivity index (χ4n) is 2.75. The molecule has 0 aliphatic rings. The van der Waals surface area contributed by atoms with Gasteiger partial charge in [0.2, 0.25) is 5.91 Å². The smallest absolute Gasteiger partial charge is 0.252 e. The summed E-state index contributed by atoms with van der Waals surface area (Å²) in [5.41, 5.74) is 2.32. The number of hydrogen-bond donors (Lipinski definition) is 1. The topological polar surface area (TPSA) is 72.2 Å². The molecule has 0 atom stereocenters. The average molecular weight is 313 g/mol. The highest BCUT2D eigenvalue weighted by Gasteiger charge is 2.25. The van der Waals surface area contributed by atoms with Crippen molar-refractivity contribution in [2.45, 2.75) is 58.9 Å². The quantitative estimate of drug-likeness (QED) is 0.828. The lowest BCUT2D eigenvalue weighted by Gasteiger charge is -2.27. The van der Waals surface area contributed by atoms with Crippen molar-refractivity contribution in [2.24, 2.45) is 0 Å². The molecular weight excluding hydrogens is 290 g/mol. The van der Waals surface area contributed by atoms with Gasteiger partial charge in [-0.25, -0.2) is 9.50 Å². The summed E-state index contributed by atoms with van der Waals surface area (Å²) in [5, 5.41) is 7.15. The van der Waals surface area contributed by atoms with Gasteiger partial charge in [-0.15, -0.1) is 6.42 Å². The Bertz CT molecular complexity index is 752. The first-order valence-corrected chi connectivity index (χ1v) is 7.91. The van der Waals surface area contributed by atoms with E-state index in [1.165, 1.54) is 6.33 Å². The first kappa shape index (κ1) is 16.9. The molecule has 0 spiro atoms. The van der Waals surface area contributed by atoms with Crippen LogP contribution in [0.2, 0.25) is 0 Å². The molecule has 0 saturated heterocycles. The Morgan fingerprint density at radius 1 is 1.39 bits per heavy atom. The van der Waals surface area contributed by atoms with E-state index in [0.29, 0.717) is 18.6 Å². The molecule has 0 fully saturated rings. The molecule has 6 heteroatoms. The Hall–Kier alpha value is -2.42. The van der Waals surface area contributed by atoms with Crippen LogP contribution in [0.5, 0.6) is 0 Å². The molecule has 2 rings (SSSR count). The number of amides is 1. The number of fused-ring (bicyclic) bond motifs is 1. The van der Waals surface area contributed by atoms with Crippen LogP contribution in [-0.4, -0.2) is 31.0 Å². The van der Waals surface area contributed by atoms with Crippen LogP contribution < -0.4 is 5.32 Å². The molecule has 1 amide bonds. The van der Waals surface area contributed by atoms with Gasteiger partial charge in [-0.3, -0.25) is 4.79 Å². The van der Waals surface area contributed by atoms with Crippen LogP contribution in [0, 0.1) is 26.2 Å². The second-order valence-electron chi connectivity index (χ2n) is 5.71. The minimum atomic E-state index is -0.546. The number of carbonyl (C=O) groups excluding carboxylic acids is 1. The molecule has 2 aromatic rings. The van der Waals surface area contributed by atoms with Crippen LogP contribution in [0.15, 0.2) is 6.33 Å². The van der Waals surface area contributed by atoms with E-state index in [-0.39, 0.29) is 5.91 Å². The summed E-state index contributed by atoms with van der Waals surface area (Å²) in [6.07, 6.45) is 9.47. The van der Waals surface area contributed by atoms with E-state index >= 15 is 0 Å². The van der Waals surface area contributed by atoms with Crippen LogP contribution in [0.25, 0.3) is 5.78 Å². The lowest BCUT2D eigenvalue weighted by molar-refractivity contribution is -0.122. The summed E-state index contributed by atoms with van der Waals surface area (Å²) >= 11 is 0. The van der Waals surface area contributed by atoms with Crippen molar-refractivity contribution in [1.29, 1.82) is 0 Å². The fraction of sp³-hybridized carbons (Fsp3) is 0.529. The van der Waals surface area contributed by atoms with Crippen molar-refractivity contribution in [3.8, 4) is 12.3 Å². The van der Waals surface area contributed by atoms with Gasteiger partial charge in [0.05, 0.1) is 0 Å². The van der Waals surface area contributed by atoms with Crippen LogP contribution >= 0.6 is 0 Å². The largest absolute Gasteiger partial charge is 0.340 e. The standard InChI is InChI=1S/C17H23N5O/c1-6-17(7-2,8-3)21-15(23)10-9-14-12(4)20-16-18-11-19-22(16)13(14)5/h1,11H,7-10H2,2-5H3,(H,21,23). The van der Waals surface area contributed by atoms with Gasteiger partial charge in [0.15, 0.2) is 0 Å². The highest BCUT2D eigenvalue weighted by atomic mass is 16.1. The second kappa shape index (κ2) is 6.78. The Kier molecular flexibility index (Phi) is 4.99. The fourth-order valence-corrected chi connectivity index (χ4v) is 2.75. The Balaban J connectivity index is 2.12. The molecule has 6 nitrogen and oxygen atoms in total. The maximum atomic E-state index is 12.3. The van der Waals surface area contributed by atoms with E-state index in [1.807, 2.05) is 27.7 Å². The minimum absolute atomic E-state index is 0.0378. The molecule has 0 aromatic carbocycles. The molecule has 0 unspecified atom stereocenters.